The van der Waals surface area contributed by atoms with Crippen LogP contribution in [0.3, 0.4) is 0 Å². The Hall–Kier alpha value is -2.60. The van der Waals surface area contributed by atoms with Crippen molar-refractivity contribution in [3.05, 3.63) is 18.2 Å². The summed E-state index contributed by atoms with van der Waals surface area (Å²) in [6.45, 7) is 4.11. The van der Waals surface area contributed by atoms with E-state index in [-0.39, 0.29) is 12.3 Å². The summed E-state index contributed by atoms with van der Waals surface area (Å²) in [6, 6.07) is -3.56. The summed E-state index contributed by atoms with van der Waals surface area (Å²) >= 11 is 1.53. The Morgan fingerprint density at radius 1 is 1.29 bits per heavy atom. The van der Waals surface area contributed by atoms with Crippen molar-refractivity contribution < 1.29 is 24.3 Å². The molecule has 3 amide bonds. The van der Waals surface area contributed by atoms with Gasteiger partial charge in [-0.25, -0.2) is 9.78 Å². The van der Waals surface area contributed by atoms with Crippen LogP contribution in [0.15, 0.2) is 12.5 Å². The molecule has 2 rings (SSSR count). The fraction of sp³-hybridized carbons (Fsp3) is 0.682. The van der Waals surface area contributed by atoms with Crippen LogP contribution >= 0.6 is 11.8 Å². The molecule has 5 atom stereocenters. The quantitative estimate of drug-likeness (QED) is 0.256. The fourth-order valence-electron chi connectivity index (χ4n) is 3.86. The maximum Gasteiger partial charge on any atom is 0.326 e. The number of hydrogen-bond donors (Lipinski definition) is 5. The topological polar surface area (TPSA) is 171 Å². The Kier molecular flexibility index (Phi) is 10.8. The van der Waals surface area contributed by atoms with Gasteiger partial charge in [0.25, 0.3) is 0 Å². The second kappa shape index (κ2) is 13.3. The molecule has 0 bridgehead atoms. The van der Waals surface area contributed by atoms with Crippen LogP contribution < -0.4 is 16.4 Å². The van der Waals surface area contributed by atoms with Crippen molar-refractivity contribution in [2.24, 2.45) is 11.7 Å². The number of carbonyl (C=O) groups is 4. The van der Waals surface area contributed by atoms with Gasteiger partial charge in [-0.05, 0) is 37.2 Å². The lowest BCUT2D eigenvalue weighted by molar-refractivity contribution is -0.149. The molecule has 0 aliphatic carbocycles. The van der Waals surface area contributed by atoms with E-state index in [4.69, 9.17) is 5.73 Å². The van der Waals surface area contributed by atoms with E-state index >= 15 is 0 Å². The molecule has 1 saturated heterocycles. The number of carbonyl (C=O) groups excluding carboxylic acids is 3. The highest BCUT2D eigenvalue weighted by Gasteiger charge is 2.38. The van der Waals surface area contributed by atoms with Crippen LogP contribution in [0.4, 0.5) is 0 Å². The zero-order chi connectivity index (χ0) is 25.3. The highest BCUT2D eigenvalue weighted by Crippen LogP contribution is 2.19. The minimum atomic E-state index is -1.07. The third-order valence-electron chi connectivity index (χ3n) is 6.22. The monoisotopic (exact) mass is 496 g/mol. The SMILES string of the molecule is CCC(C)C(N)C(=O)NC(CCSC)C(=O)NC(Cc1cnc[nH]1)C(=O)N1CCCC1C(=O)O. The first-order chi connectivity index (χ1) is 16.2. The van der Waals surface area contributed by atoms with Crippen LogP contribution in [0.1, 0.15) is 45.2 Å². The lowest BCUT2D eigenvalue weighted by Crippen LogP contribution is -2.58. The first-order valence-corrected chi connectivity index (χ1v) is 12.9. The number of amides is 3. The van der Waals surface area contributed by atoms with Crippen LogP contribution in [-0.2, 0) is 25.6 Å². The summed E-state index contributed by atoms with van der Waals surface area (Å²) in [7, 11) is 0. The molecule has 6 N–H and O–H groups in total. The molecule has 2 heterocycles. The van der Waals surface area contributed by atoms with Gasteiger partial charge in [0.1, 0.15) is 18.1 Å². The molecule has 1 aromatic rings. The lowest BCUT2D eigenvalue weighted by Gasteiger charge is -2.29. The van der Waals surface area contributed by atoms with E-state index in [1.807, 2.05) is 20.1 Å². The number of aromatic nitrogens is 2. The van der Waals surface area contributed by atoms with E-state index in [0.717, 1.165) is 6.42 Å². The summed E-state index contributed by atoms with van der Waals surface area (Å²) in [6.07, 6.45) is 7.04. The first-order valence-electron chi connectivity index (χ1n) is 11.5. The predicted octanol–water partition coefficient (Wildman–Crippen LogP) is 0.124. The molecule has 1 aromatic heterocycles. The number of rotatable bonds is 13. The average molecular weight is 497 g/mol. The number of nitrogens with zero attached hydrogens (tertiary/aromatic N) is 2. The Bertz CT molecular complexity index is 836. The molecule has 1 aliphatic rings. The molecule has 0 aromatic carbocycles. The van der Waals surface area contributed by atoms with Crippen LogP contribution in [0.25, 0.3) is 0 Å². The number of H-pyrrole nitrogens is 1. The van der Waals surface area contributed by atoms with E-state index in [1.54, 1.807) is 6.20 Å². The largest absolute Gasteiger partial charge is 0.480 e. The predicted molar refractivity (Wildman–Crippen MR) is 129 cm³/mol. The van der Waals surface area contributed by atoms with E-state index in [2.05, 4.69) is 20.6 Å². The van der Waals surface area contributed by atoms with Crippen molar-refractivity contribution in [2.75, 3.05) is 18.6 Å². The molecule has 11 nitrogen and oxygen atoms in total. The van der Waals surface area contributed by atoms with Crippen molar-refractivity contribution in [1.29, 1.82) is 0 Å². The summed E-state index contributed by atoms with van der Waals surface area (Å²) in [4.78, 5) is 59.0. The zero-order valence-corrected chi connectivity index (χ0v) is 20.8. The minimum absolute atomic E-state index is 0.0536. The van der Waals surface area contributed by atoms with Crippen LogP contribution in [0, 0.1) is 5.92 Å². The number of hydrogen-bond acceptors (Lipinski definition) is 7. The number of imidazole rings is 1. The average Bonchev–Trinajstić information content (AvgIpc) is 3.51. The molecule has 12 heteroatoms. The van der Waals surface area contributed by atoms with Crippen molar-refractivity contribution in [3.63, 3.8) is 0 Å². The molecule has 190 valence electrons. The molecular formula is C22H36N6O5S. The van der Waals surface area contributed by atoms with Crippen LogP contribution in [0.2, 0.25) is 0 Å². The first kappa shape index (κ1) is 27.6. The number of aliphatic carboxylic acids is 1. The molecule has 1 aliphatic heterocycles. The highest BCUT2D eigenvalue weighted by molar-refractivity contribution is 7.98. The van der Waals surface area contributed by atoms with E-state index < -0.39 is 47.9 Å². The van der Waals surface area contributed by atoms with Gasteiger partial charge in [0.2, 0.25) is 17.7 Å². The minimum Gasteiger partial charge on any atom is -0.480 e. The molecule has 1 fully saturated rings. The Morgan fingerprint density at radius 3 is 2.59 bits per heavy atom. The van der Waals surface area contributed by atoms with E-state index in [9.17, 15) is 24.3 Å². The maximum atomic E-state index is 13.3. The number of likely N-dealkylation sites (tertiary alicyclic amines) is 1. The Balaban J connectivity index is 2.20. The summed E-state index contributed by atoms with van der Waals surface area (Å²) in [5.41, 5.74) is 6.66. The van der Waals surface area contributed by atoms with Crippen LogP contribution in [0.5, 0.6) is 0 Å². The molecule has 0 spiro atoms. The zero-order valence-electron chi connectivity index (χ0n) is 20.0. The summed E-state index contributed by atoms with van der Waals surface area (Å²) in [5.74, 6) is -1.91. The molecule has 34 heavy (non-hydrogen) atoms. The van der Waals surface area contributed by atoms with Gasteiger partial charge in [-0.2, -0.15) is 11.8 Å². The van der Waals surface area contributed by atoms with Gasteiger partial charge in [-0.15, -0.1) is 0 Å². The number of thioether (sulfide) groups is 1. The second-order valence-corrected chi connectivity index (χ2v) is 9.61. The van der Waals surface area contributed by atoms with Crippen molar-refractivity contribution in [2.45, 2.75) is 70.1 Å². The van der Waals surface area contributed by atoms with Gasteiger partial charge in [0, 0.05) is 24.9 Å². The second-order valence-electron chi connectivity index (χ2n) is 8.62. The fourth-order valence-corrected chi connectivity index (χ4v) is 4.33. The molecule has 5 unspecified atom stereocenters. The Morgan fingerprint density at radius 2 is 2.00 bits per heavy atom. The van der Waals surface area contributed by atoms with Gasteiger partial charge in [-0.3, -0.25) is 14.4 Å². The molecule has 0 radical (unpaired) electrons. The third kappa shape index (κ3) is 7.45. The molecular weight excluding hydrogens is 460 g/mol. The van der Waals surface area contributed by atoms with Gasteiger partial charge in [-0.1, -0.05) is 20.3 Å². The lowest BCUT2D eigenvalue weighted by atomic mass is 9.99. The van der Waals surface area contributed by atoms with Crippen molar-refractivity contribution in [1.82, 2.24) is 25.5 Å². The summed E-state index contributed by atoms with van der Waals surface area (Å²) < 4.78 is 0. The third-order valence-corrected chi connectivity index (χ3v) is 6.86. The van der Waals surface area contributed by atoms with E-state index in [1.165, 1.54) is 23.0 Å². The van der Waals surface area contributed by atoms with Gasteiger partial charge < -0.3 is 31.4 Å². The van der Waals surface area contributed by atoms with Crippen molar-refractivity contribution in [3.8, 4) is 0 Å². The van der Waals surface area contributed by atoms with Crippen molar-refractivity contribution >= 4 is 35.5 Å². The van der Waals surface area contributed by atoms with E-state index in [0.29, 0.717) is 37.3 Å². The standard InChI is InChI=1S/C22H36N6O5S/c1-4-13(2)18(23)20(30)26-15(7-9-34-3)19(29)27-16(10-14-11-24-12-25-14)21(31)28-8-5-6-17(28)22(32)33/h11-13,15-18H,4-10,23H2,1-3H3,(H,24,25)(H,26,30)(H,27,29)(H,32,33). The Labute approximate surface area is 204 Å². The van der Waals surface area contributed by atoms with Gasteiger partial charge >= 0.3 is 5.97 Å². The smallest absolute Gasteiger partial charge is 0.326 e. The van der Waals surface area contributed by atoms with Gasteiger partial charge in [0.15, 0.2) is 0 Å². The van der Waals surface area contributed by atoms with Crippen LogP contribution in [-0.4, -0.2) is 86.4 Å². The normalized spacial score (nSPS) is 19.2. The number of carboxylic acids is 1. The number of nitrogens with one attached hydrogen (secondary N) is 3. The summed E-state index contributed by atoms with van der Waals surface area (Å²) in [5, 5.41) is 15.0. The number of nitrogens with two attached hydrogens (primary N) is 1. The highest BCUT2D eigenvalue weighted by atomic mass is 32.2. The van der Waals surface area contributed by atoms with Gasteiger partial charge in [0.05, 0.1) is 12.4 Å². The maximum absolute atomic E-state index is 13.3. The number of carboxylic acid groups (broad SMARTS) is 1. The molecule has 0 saturated carbocycles. The number of aromatic amines is 1.